The van der Waals surface area contributed by atoms with Gasteiger partial charge in [-0.2, -0.15) is 0 Å². The Hall–Kier alpha value is -3.87. The third kappa shape index (κ3) is 3.78. The number of amides is 1. The minimum Gasteiger partial charge on any atom is -0.457 e. The van der Waals surface area contributed by atoms with Gasteiger partial charge in [0.1, 0.15) is 17.2 Å². The number of rotatable bonds is 5. The maximum Gasteiger partial charge on any atom is 0.269 e. The molecule has 7 nitrogen and oxygen atoms in total. The number of pyridine rings is 1. The Morgan fingerprint density at radius 3 is 2.75 bits per heavy atom. The molecule has 4 rings (SSSR count). The molecule has 0 aliphatic heterocycles. The molecule has 140 valence electrons. The van der Waals surface area contributed by atoms with Gasteiger partial charge in [-0.3, -0.25) is 9.78 Å². The third-order valence-corrected chi connectivity index (χ3v) is 4.16. The first-order valence-electron chi connectivity index (χ1n) is 8.80. The van der Waals surface area contributed by atoms with Gasteiger partial charge in [0, 0.05) is 31.1 Å². The molecular weight excluding hydrogens is 354 g/mol. The van der Waals surface area contributed by atoms with E-state index in [1.54, 1.807) is 25.4 Å². The van der Waals surface area contributed by atoms with Crippen molar-refractivity contribution in [3.05, 3.63) is 72.1 Å². The van der Waals surface area contributed by atoms with Crippen LogP contribution in [0.5, 0.6) is 11.5 Å². The van der Waals surface area contributed by atoms with E-state index < -0.39 is 0 Å². The molecule has 0 atom stereocenters. The second kappa shape index (κ2) is 7.40. The number of benzene rings is 2. The van der Waals surface area contributed by atoms with E-state index in [0.717, 1.165) is 16.7 Å². The minimum atomic E-state index is -0.263. The normalized spacial score (nSPS) is 10.6. The number of aromatic amines is 1. The Morgan fingerprint density at radius 2 is 1.93 bits per heavy atom. The van der Waals surface area contributed by atoms with Crippen molar-refractivity contribution < 1.29 is 9.53 Å². The summed E-state index contributed by atoms with van der Waals surface area (Å²) in [5.41, 5.74) is 4.10. The van der Waals surface area contributed by atoms with Crippen LogP contribution in [0.2, 0.25) is 0 Å². The molecule has 0 aliphatic carbocycles. The maximum absolute atomic E-state index is 11.7. The smallest absolute Gasteiger partial charge is 0.269 e. The number of fused-ring (bicyclic) bond motifs is 1. The molecular formula is C21H19N5O2. The van der Waals surface area contributed by atoms with Crippen LogP contribution in [-0.4, -0.2) is 27.9 Å². The van der Waals surface area contributed by atoms with Crippen LogP contribution in [0.25, 0.3) is 11.0 Å². The van der Waals surface area contributed by atoms with Crippen molar-refractivity contribution in [3.8, 4) is 11.5 Å². The predicted molar refractivity (Wildman–Crippen MR) is 108 cm³/mol. The molecule has 28 heavy (non-hydrogen) atoms. The second-order valence-corrected chi connectivity index (χ2v) is 6.32. The largest absolute Gasteiger partial charge is 0.457 e. The Morgan fingerprint density at radius 1 is 1.07 bits per heavy atom. The summed E-state index contributed by atoms with van der Waals surface area (Å²) < 4.78 is 5.88. The molecule has 0 fully saturated rings. The number of ether oxygens (including phenoxy) is 1. The van der Waals surface area contributed by atoms with Gasteiger partial charge in [0.05, 0.1) is 11.0 Å². The highest BCUT2D eigenvalue weighted by atomic mass is 16.5. The fourth-order valence-electron chi connectivity index (χ4n) is 2.83. The van der Waals surface area contributed by atoms with Crippen LogP contribution >= 0.6 is 0 Å². The standard InChI is InChI=1S/C21H19N5O2/c1-13-4-3-5-14(10-13)24-21-25-17-7-6-15(11-18(17)26-21)28-16-8-9-23-19(12-16)20(27)22-2/h3-12H,1-2H3,(H,22,27)(H2,24,25,26). The zero-order chi connectivity index (χ0) is 19.5. The molecule has 0 radical (unpaired) electrons. The van der Waals surface area contributed by atoms with Crippen LogP contribution in [0.4, 0.5) is 11.6 Å². The van der Waals surface area contributed by atoms with Crippen LogP contribution < -0.4 is 15.4 Å². The first kappa shape index (κ1) is 17.5. The lowest BCUT2D eigenvalue weighted by Gasteiger charge is -2.06. The predicted octanol–water partition coefficient (Wildman–Crippen LogP) is 4.16. The van der Waals surface area contributed by atoms with Crippen molar-refractivity contribution in [2.75, 3.05) is 12.4 Å². The lowest BCUT2D eigenvalue weighted by molar-refractivity contribution is 0.0958. The number of H-pyrrole nitrogens is 1. The Bertz CT molecular complexity index is 1150. The zero-order valence-corrected chi connectivity index (χ0v) is 15.5. The maximum atomic E-state index is 11.7. The van der Waals surface area contributed by atoms with Crippen LogP contribution in [-0.2, 0) is 0 Å². The van der Waals surface area contributed by atoms with Gasteiger partial charge >= 0.3 is 0 Å². The summed E-state index contributed by atoms with van der Waals surface area (Å²) in [6.07, 6.45) is 1.54. The Kier molecular flexibility index (Phi) is 4.63. The fourth-order valence-corrected chi connectivity index (χ4v) is 2.83. The molecule has 7 heteroatoms. The lowest BCUT2D eigenvalue weighted by atomic mass is 10.2. The summed E-state index contributed by atoms with van der Waals surface area (Å²) >= 11 is 0. The van der Waals surface area contributed by atoms with E-state index in [2.05, 4.69) is 31.7 Å². The van der Waals surface area contributed by atoms with Crippen LogP contribution in [0, 0.1) is 6.92 Å². The summed E-state index contributed by atoms with van der Waals surface area (Å²) in [4.78, 5) is 23.6. The summed E-state index contributed by atoms with van der Waals surface area (Å²) in [7, 11) is 1.56. The van der Waals surface area contributed by atoms with Crippen molar-refractivity contribution in [3.63, 3.8) is 0 Å². The number of carbonyl (C=O) groups is 1. The number of aryl methyl sites for hydroxylation is 1. The van der Waals surface area contributed by atoms with Crippen molar-refractivity contribution >= 4 is 28.6 Å². The van der Waals surface area contributed by atoms with E-state index >= 15 is 0 Å². The first-order chi connectivity index (χ1) is 13.6. The summed E-state index contributed by atoms with van der Waals surface area (Å²) in [5.74, 6) is 1.56. The number of carbonyl (C=O) groups excluding carboxylic acids is 1. The highest BCUT2D eigenvalue weighted by Crippen LogP contribution is 2.26. The molecule has 0 unspecified atom stereocenters. The molecule has 0 aliphatic rings. The van der Waals surface area contributed by atoms with Crippen LogP contribution in [0.3, 0.4) is 0 Å². The van der Waals surface area contributed by atoms with Crippen molar-refractivity contribution in [2.45, 2.75) is 6.92 Å². The first-order valence-corrected chi connectivity index (χ1v) is 8.80. The summed E-state index contributed by atoms with van der Waals surface area (Å²) in [6, 6.07) is 17.0. The zero-order valence-electron chi connectivity index (χ0n) is 15.5. The van der Waals surface area contributed by atoms with Crippen molar-refractivity contribution in [1.29, 1.82) is 0 Å². The van der Waals surface area contributed by atoms with Gasteiger partial charge < -0.3 is 20.4 Å². The van der Waals surface area contributed by atoms with Gasteiger partial charge in [0.15, 0.2) is 0 Å². The van der Waals surface area contributed by atoms with Gasteiger partial charge in [0.2, 0.25) is 5.95 Å². The quantitative estimate of drug-likeness (QED) is 0.488. The molecule has 4 aromatic rings. The van der Waals surface area contributed by atoms with E-state index in [1.807, 2.05) is 43.3 Å². The average Bonchev–Trinajstić information content (AvgIpc) is 3.09. The number of hydrogen-bond donors (Lipinski definition) is 3. The molecule has 0 saturated carbocycles. The molecule has 0 spiro atoms. The van der Waals surface area contributed by atoms with Crippen LogP contribution in [0.1, 0.15) is 16.1 Å². The van der Waals surface area contributed by atoms with Gasteiger partial charge in [-0.25, -0.2) is 4.98 Å². The molecule has 1 amide bonds. The molecule has 3 N–H and O–H groups in total. The van der Waals surface area contributed by atoms with Gasteiger partial charge in [0.25, 0.3) is 5.91 Å². The van der Waals surface area contributed by atoms with Crippen LogP contribution in [0.15, 0.2) is 60.8 Å². The highest BCUT2D eigenvalue weighted by Gasteiger charge is 2.09. The van der Waals surface area contributed by atoms with E-state index in [1.165, 1.54) is 5.56 Å². The Balaban J connectivity index is 1.56. The van der Waals surface area contributed by atoms with Crippen molar-refractivity contribution in [2.24, 2.45) is 0 Å². The monoisotopic (exact) mass is 373 g/mol. The van der Waals surface area contributed by atoms with Crippen molar-refractivity contribution in [1.82, 2.24) is 20.3 Å². The average molecular weight is 373 g/mol. The summed E-state index contributed by atoms with van der Waals surface area (Å²) in [6.45, 7) is 2.04. The Labute approximate surface area is 161 Å². The molecule has 2 heterocycles. The van der Waals surface area contributed by atoms with E-state index in [-0.39, 0.29) is 5.91 Å². The molecule has 0 bridgehead atoms. The molecule has 2 aromatic heterocycles. The number of aromatic nitrogens is 3. The number of nitrogens with one attached hydrogen (secondary N) is 3. The van der Waals surface area contributed by atoms with E-state index in [4.69, 9.17) is 4.74 Å². The number of anilines is 2. The fraction of sp³-hybridized carbons (Fsp3) is 0.0952. The lowest BCUT2D eigenvalue weighted by Crippen LogP contribution is -2.18. The van der Waals surface area contributed by atoms with Gasteiger partial charge in [-0.05, 0) is 42.8 Å². The third-order valence-electron chi connectivity index (χ3n) is 4.16. The van der Waals surface area contributed by atoms with E-state index in [9.17, 15) is 4.79 Å². The topological polar surface area (TPSA) is 91.9 Å². The highest BCUT2D eigenvalue weighted by molar-refractivity contribution is 5.92. The molecule has 0 saturated heterocycles. The molecule has 2 aromatic carbocycles. The number of nitrogens with zero attached hydrogens (tertiary/aromatic N) is 2. The minimum absolute atomic E-state index is 0.263. The number of hydrogen-bond acceptors (Lipinski definition) is 5. The van der Waals surface area contributed by atoms with E-state index in [0.29, 0.717) is 23.1 Å². The second-order valence-electron chi connectivity index (χ2n) is 6.32. The van der Waals surface area contributed by atoms with Gasteiger partial charge in [-0.1, -0.05) is 12.1 Å². The SMILES string of the molecule is CNC(=O)c1cc(Oc2ccc3nc(Nc4cccc(C)c4)[nH]c3c2)ccn1. The summed E-state index contributed by atoms with van der Waals surface area (Å²) in [5, 5.41) is 5.81. The number of imidazole rings is 1. The van der Waals surface area contributed by atoms with Gasteiger partial charge in [-0.15, -0.1) is 0 Å².